The Balaban J connectivity index is 1.11. The van der Waals surface area contributed by atoms with E-state index in [2.05, 4.69) is 190 Å². The highest BCUT2D eigenvalue weighted by molar-refractivity contribution is 6.17. The maximum absolute atomic E-state index is 6.87. The van der Waals surface area contributed by atoms with Crippen molar-refractivity contribution in [3.63, 3.8) is 0 Å². The maximum atomic E-state index is 6.87. The van der Waals surface area contributed by atoms with E-state index in [1.54, 1.807) is 0 Å². The molecule has 58 heavy (non-hydrogen) atoms. The molecule has 0 fully saturated rings. The Bertz CT molecular complexity index is 3060. The molecule has 0 aliphatic carbocycles. The van der Waals surface area contributed by atoms with Gasteiger partial charge in [-0.2, -0.15) is 0 Å². The van der Waals surface area contributed by atoms with Crippen molar-refractivity contribution in [3.05, 3.63) is 143 Å². The van der Waals surface area contributed by atoms with Crippen molar-refractivity contribution in [1.29, 1.82) is 0 Å². The van der Waals surface area contributed by atoms with Crippen molar-refractivity contribution in [1.82, 2.24) is 15.0 Å². The molecule has 0 atom stereocenters. The number of rotatable bonds is 4. The second kappa shape index (κ2) is 13.4. The first-order valence-corrected chi connectivity index (χ1v) is 20.3. The van der Waals surface area contributed by atoms with Crippen LogP contribution in [-0.4, -0.2) is 15.0 Å². The molecule has 9 aromatic rings. The van der Waals surface area contributed by atoms with Crippen molar-refractivity contribution < 1.29 is 8.98 Å². The van der Waals surface area contributed by atoms with Gasteiger partial charge >= 0.3 is 0 Å². The minimum absolute atomic E-state index is 0.186. The predicted molar refractivity (Wildman–Crippen MR) is 241 cm³/mol. The first-order valence-electron chi connectivity index (χ1n) is 20.3. The molecule has 3 heterocycles. The Hall–Kier alpha value is -6.20. The predicted octanol–water partition coefficient (Wildman–Crippen LogP) is 13.4. The highest BCUT2D eigenvalue weighted by Crippen LogP contribution is 2.42. The Morgan fingerprint density at radius 3 is 1.81 bits per heavy atom. The van der Waals surface area contributed by atoms with Crippen molar-refractivity contribution >= 4 is 43.5 Å². The van der Waals surface area contributed by atoms with Crippen LogP contribution in [0.25, 0.3) is 88.4 Å². The van der Waals surface area contributed by atoms with Gasteiger partial charge in [-0.3, -0.25) is 0 Å². The summed E-state index contributed by atoms with van der Waals surface area (Å²) in [6.07, 6.45) is 2.26. The molecule has 0 radical (unpaired) electrons. The molecule has 0 aliphatic heterocycles. The van der Waals surface area contributed by atoms with Gasteiger partial charge in [0.05, 0.1) is 5.56 Å². The summed E-state index contributed by atoms with van der Waals surface area (Å²) in [4.78, 5) is 14.7. The van der Waals surface area contributed by atoms with Crippen molar-refractivity contribution in [3.8, 4) is 44.9 Å². The number of nitrogens with zero attached hydrogens (tertiary/aromatic N) is 4. The molecule has 0 N–H and O–H groups in total. The number of furan rings is 1. The molecular weight excluding hydrogens is 709 g/mol. The lowest BCUT2D eigenvalue weighted by molar-refractivity contribution is -0.660. The zero-order valence-electron chi connectivity index (χ0n) is 35.6. The first kappa shape index (κ1) is 37.4. The third-order valence-electron chi connectivity index (χ3n) is 11.7. The van der Waals surface area contributed by atoms with Gasteiger partial charge in [0.25, 0.3) is 0 Å². The second-order valence-electron chi connectivity index (χ2n) is 18.3. The quantitative estimate of drug-likeness (QED) is 0.132. The number of hydrogen-bond acceptors (Lipinski definition) is 4. The third kappa shape index (κ3) is 6.34. The Morgan fingerprint density at radius 2 is 1.14 bits per heavy atom. The highest BCUT2D eigenvalue weighted by Gasteiger charge is 2.27. The lowest BCUT2D eigenvalue weighted by atomic mass is 9.88. The van der Waals surface area contributed by atoms with Gasteiger partial charge in [0, 0.05) is 38.8 Å². The van der Waals surface area contributed by atoms with Crippen LogP contribution in [0.1, 0.15) is 75.4 Å². The minimum Gasteiger partial charge on any atom is -0.455 e. The Labute approximate surface area is 341 Å². The van der Waals surface area contributed by atoms with Gasteiger partial charge in [0.2, 0.25) is 5.69 Å². The Morgan fingerprint density at radius 1 is 0.500 bits per heavy atom. The summed E-state index contributed by atoms with van der Waals surface area (Å²) in [7, 11) is 2.14. The zero-order valence-corrected chi connectivity index (χ0v) is 35.6. The SMILES string of the molecule is Cc1c[n+](C)c(-c2c(C)ccc3c2oc2cc4c(ccc5ccccc54)cc23)cc1-c1c(C)cc(-c2ccc(-c3nc(C(C)(C)C)nc(C(C)(C)C)n3)cc2)cc1C. The van der Waals surface area contributed by atoms with Crippen LogP contribution in [0.3, 0.4) is 0 Å². The van der Waals surface area contributed by atoms with Crippen LogP contribution in [0.15, 0.2) is 114 Å². The van der Waals surface area contributed by atoms with E-state index < -0.39 is 0 Å². The van der Waals surface area contributed by atoms with Crippen molar-refractivity contribution in [2.45, 2.75) is 80.1 Å². The number of hydrogen-bond donors (Lipinski definition) is 0. The van der Waals surface area contributed by atoms with Crippen LogP contribution in [0.2, 0.25) is 0 Å². The van der Waals surface area contributed by atoms with Gasteiger partial charge in [-0.05, 0) is 100 Å². The van der Waals surface area contributed by atoms with Crippen LogP contribution in [0.5, 0.6) is 0 Å². The molecule has 0 spiro atoms. The smallest absolute Gasteiger partial charge is 0.216 e. The number of pyridine rings is 1. The third-order valence-corrected chi connectivity index (χ3v) is 11.7. The van der Waals surface area contributed by atoms with Crippen LogP contribution >= 0.6 is 0 Å². The fourth-order valence-electron chi connectivity index (χ4n) is 8.60. The van der Waals surface area contributed by atoms with Crippen LogP contribution in [0, 0.1) is 27.7 Å². The molecule has 0 bridgehead atoms. The van der Waals surface area contributed by atoms with Gasteiger partial charge in [-0.25, -0.2) is 19.5 Å². The van der Waals surface area contributed by atoms with Crippen LogP contribution < -0.4 is 4.57 Å². The number of aromatic nitrogens is 4. The number of benzene rings is 6. The van der Waals surface area contributed by atoms with E-state index in [0.717, 1.165) is 61.8 Å². The summed E-state index contributed by atoms with van der Waals surface area (Å²) >= 11 is 0. The average Bonchev–Trinajstić information content (AvgIpc) is 3.54. The summed E-state index contributed by atoms with van der Waals surface area (Å²) in [5, 5.41) is 7.18. The molecule has 9 rings (SSSR count). The molecule has 3 aromatic heterocycles. The Kier molecular flexibility index (Phi) is 8.67. The van der Waals surface area contributed by atoms with E-state index in [1.807, 2.05) is 0 Å². The van der Waals surface area contributed by atoms with Gasteiger partial charge in [-0.1, -0.05) is 126 Å². The van der Waals surface area contributed by atoms with E-state index >= 15 is 0 Å². The van der Waals surface area contributed by atoms with E-state index in [-0.39, 0.29) is 10.8 Å². The molecule has 0 aliphatic rings. The van der Waals surface area contributed by atoms with Crippen molar-refractivity contribution in [2.75, 3.05) is 0 Å². The van der Waals surface area contributed by atoms with Crippen LogP contribution in [-0.2, 0) is 17.9 Å². The topological polar surface area (TPSA) is 55.7 Å². The zero-order chi connectivity index (χ0) is 40.8. The molecular formula is C53H51N4O+. The molecule has 6 aromatic carbocycles. The average molecular weight is 760 g/mol. The molecule has 5 nitrogen and oxygen atoms in total. The molecule has 5 heteroatoms. The van der Waals surface area contributed by atoms with E-state index in [0.29, 0.717) is 0 Å². The lowest BCUT2D eigenvalue weighted by Gasteiger charge is -2.22. The van der Waals surface area contributed by atoms with E-state index in [9.17, 15) is 0 Å². The van der Waals surface area contributed by atoms with E-state index in [4.69, 9.17) is 19.4 Å². The maximum Gasteiger partial charge on any atom is 0.216 e. The fourth-order valence-corrected chi connectivity index (χ4v) is 8.60. The molecule has 0 saturated carbocycles. The molecule has 0 unspecified atom stereocenters. The van der Waals surface area contributed by atoms with E-state index in [1.165, 1.54) is 60.5 Å². The number of aryl methyl sites for hydroxylation is 5. The minimum atomic E-state index is -0.186. The lowest BCUT2D eigenvalue weighted by Crippen LogP contribution is -2.31. The number of fused-ring (bicyclic) bond motifs is 6. The van der Waals surface area contributed by atoms with Gasteiger partial charge in [-0.15, -0.1) is 0 Å². The normalized spacial score (nSPS) is 12.4. The largest absolute Gasteiger partial charge is 0.455 e. The first-order chi connectivity index (χ1) is 27.5. The van der Waals surface area contributed by atoms with Gasteiger partial charge < -0.3 is 4.42 Å². The summed E-state index contributed by atoms with van der Waals surface area (Å²) in [5.74, 6) is 2.35. The summed E-state index contributed by atoms with van der Waals surface area (Å²) < 4.78 is 9.12. The van der Waals surface area contributed by atoms with Gasteiger partial charge in [0.1, 0.15) is 29.9 Å². The summed E-state index contributed by atoms with van der Waals surface area (Å²) in [5.41, 5.74) is 14.4. The standard InChI is InChI=1S/C53H51N4O/c1-30-16-23-40-43-26-37-22-19-35-14-12-13-15-39(35)42(37)28-45(43)58-48(40)47(30)44-27-41(33(4)29-57(44)11)46-31(2)24-38(25-32(46)3)34-17-20-36(21-18-34)49-54-50(52(5,6)7)56-51(55-49)53(8,9)10/h12-29H,1-11H3/q+1. The molecule has 288 valence electrons. The van der Waals surface area contributed by atoms with Crippen LogP contribution in [0.4, 0.5) is 0 Å². The summed E-state index contributed by atoms with van der Waals surface area (Å²) in [6.45, 7) is 21.8. The molecule has 0 amide bonds. The highest BCUT2D eigenvalue weighted by atomic mass is 16.3. The monoisotopic (exact) mass is 759 g/mol. The summed E-state index contributed by atoms with van der Waals surface area (Å²) in [6, 6.07) is 37.7. The van der Waals surface area contributed by atoms with Crippen molar-refractivity contribution in [2.24, 2.45) is 7.05 Å². The van der Waals surface area contributed by atoms with Gasteiger partial charge in [0.15, 0.2) is 12.0 Å². The molecule has 0 saturated heterocycles. The fraction of sp³-hybridized carbons (Fsp3) is 0.245. The second-order valence-corrected chi connectivity index (χ2v) is 18.3.